The summed E-state index contributed by atoms with van der Waals surface area (Å²) in [6.07, 6.45) is 1.03. The Morgan fingerprint density at radius 1 is 1.42 bits per heavy atom. The largest absolute Gasteiger partial charge is 0.293 e. The van der Waals surface area contributed by atoms with E-state index in [4.69, 9.17) is 23.2 Å². The Morgan fingerprint density at radius 3 is 3.00 bits per heavy atom. The number of thiophene rings is 2. The second kappa shape index (κ2) is 5.54. The van der Waals surface area contributed by atoms with Gasteiger partial charge >= 0.3 is 0 Å². The van der Waals surface area contributed by atoms with Gasteiger partial charge in [0.25, 0.3) is 0 Å². The molecule has 0 radical (unpaired) electrons. The maximum absolute atomic E-state index is 12.2. The maximum atomic E-state index is 12.2. The van der Waals surface area contributed by atoms with Gasteiger partial charge in [-0.1, -0.05) is 23.2 Å². The highest BCUT2D eigenvalue weighted by Crippen LogP contribution is 2.32. The number of hydrogen-bond acceptors (Lipinski definition) is 4. The van der Waals surface area contributed by atoms with E-state index in [9.17, 15) is 4.79 Å². The monoisotopic (exact) mass is 331 g/mol. The molecule has 6 heteroatoms. The second-order valence-electron chi connectivity index (χ2n) is 4.49. The fraction of sp³-hybridized carbons (Fsp3) is 0.308. The van der Waals surface area contributed by atoms with Gasteiger partial charge in [0.2, 0.25) is 0 Å². The van der Waals surface area contributed by atoms with Crippen LogP contribution in [0.15, 0.2) is 17.5 Å². The molecule has 0 saturated heterocycles. The molecule has 19 heavy (non-hydrogen) atoms. The van der Waals surface area contributed by atoms with Crippen molar-refractivity contribution >= 4 is 51.7 Å². The summed E-state index contributed by atoms with van der Waals surface area (Å²) < 4.78 is 1.05. The van der Waals surface area contributed by atoms with E-state index in [0.29, 0.717) is 20.8 Å². The topological polar surface area (TPSA) is 20.3 Å². The number of nitrogens with zero attached hydrogens (tertiary/aromatic N) is 1. The van der Waals surface area contributed by atoms with E-state index >= 15 is 0 Å². The molecule has 0 fully saturated rings. The van der Waals surface area contributed by atoms with E-state index in [2.05, 4.69) is 16.3 Å². The van der Waals surface area contributed by atoms with Crippen molar-refractivity contribution in [1.29, 1.82) is 0 Å². The summed E-state index contributed by atoms with van der Waals surface area (Å²) in [5.74, 6) is 0.0480. The van der Waals surface area contributed by atoms with Gasteiger partial charge in [-0.2, -0.15) is 0 Å². The van der Waals surface area contributed by atoms with Gasteiger partial charge in [0.1, 0.15) is 4.34 Å². The first-order chi connectivity index (χ1) is 9.13. The summed E-state index contributed by atoms with van der Waals surface area (Å²) in [4.78, 5) is 15.8. The molecule has 1 aliphatic rings. The highest BCUT2D eigenvalue weighted by atomic mass is 35.5. The highest BCUT2D eigenvalue weighted by Gasteiger charge is 2.21. The van der Waals surface area contributed by atoms with Crippen molar-refractivity contribution in [2.45, 2.75) is 13.0 Å². The third-order valence-corrected chi connectivity index (χ3v) is 5.72. The van der Waals surface area contributed by atoms with E-state index < -0.39 is 0 Å². The van der Waals surface area contributed by atoms with Crippen molar-refractivity contribution in [3.63, 3.8) is 0 Å². The molecule has 0 saturated carbocycles. The van der Waals surface area contributed by atoms with Crippen LogP contribution in [0.3, 0.4) is 0 Å². The zero-order valence-electron chi connectivity index (χ0n) is 9.99. The van der Waals surface area contributed by atoms with Crippen LogP contribution in [0.5, 0.6) is 0 Å². The fourth-order valence-electron chi connectivity index (χ4n) is 2.26. The Morgan fingerprint density at radius 2 is 2.26 bits per heavy atom. The normalized spacial score (nSPS) is 15.5. The Hall–Kier alpha value is -0.390. The Labute approximate surface area is 129 Å². The highest BCUT2D eigenvalue weighted by molar-refractivity contribution is 7.20. The van der Waals surface area contributed by atoms with E-state index in [0.717, 1.165) is 19.5 Å². The van der Waals surface area contributed by atoms with Gasteiger partial charge in [-0.05, 0) is 29.5 Å². The standard InChI is InChI=1S/C13H11Cl2NOS2/c14-12-5-9(13(15)19-12)10(17)7-16-3-1-11-8(6-16)2-4-18-11/h2,4-5H,1,3,6-7H2. The predicted octanol–water partition coefficient (Wildman–Crippen LogP) is 4.36. The number of ketones is 1. The van der Waals surface area contributed by atoms with E-state index in [1.165, 1.54) is 21.8 Å². The summed E-state index contributed by atoms with van der Waals surface area (Å²) >= 11 is 14.9. The van der Waals surface area contributed by atoms with Crippen molar-refractivity contribution < 1.29 is 4.79 Å². The predicted molar refractivity (Wildman–Crippen MR) is 82.0 cm³/mol. The van der Waals surface area contributed by atoms with E-state index in [-0.39, 0.29) is 5.78 Å². The smallest absolute Gasteiger partial charge is 0.179 e. The first-order valence-electron chi connectivity index (χ1n) is 5.89. The molecule has 3 rings (SSSR count). The van der Waals surface area contributed by atoms with Gasteiger partial charge in [-0.15, -0.1) is 22.7 Å². The molecule has 0 aliphatic carbocycles. The van der Waals surface area contributed by atoms with Crippen LogP contribution < -0.4 is 0 Å². The first kappa shape index (κ1) is 13.6. The molecule has 0 unspecified atom stereocenters. The third kappa shape index (κ3) is 2.88. The van der Waals surface area contributed by atoms with Crippen molar-refractivity contribution in [2.24, 2.45) is 0 Å². The Kier molecular flexibility index (Phi) is 3.96. The number of carbonyl (C=O) groups is 1. The Bertz CT molecular complexity index is 620. The van der Waals surface area contributed by atoms with Crippen molar-refractivity contribution in [1.82, 2.24) is 4.90 Å². The minimum Gasteiger partial charge on any atom is -0.293 e. The minimum atomic E-state index is 0.0480. The SMILES string of the molecule is O=C(CN1CCc2sccc2C1)c1cc(Cl)sc1Cl. The minimum absolute atomic E-state index is 0.0480. The molecule has 100 valence electrons. The lowest BCUT2D eigenvalue weighted by Crippen LogP contribution is -2.34. The quantitative estimate of drug-likeness (QED) is 0.779. The lowest BCUT2D eigenvalue weighted by Gasteiger charge is -2.25. The molecule has 0 spiro atoms. The molecule has 0 bridgehead atoms. The lowest BCUT2D eigenvalue weighted by molar-refractivity contribution is 0.0923. The molecule has 2 nitrogen and oxygen atoms in total. The van der Waals surface area contributed by atoms with E-state index in [1.807, 2.05) is 0 Å². The molecule has 0 aromatic carbocycles. The van der Waals surface area contributed by atoms with Crippen LogP contribution >= 0.6 is 45.9 Å². The Balaban J connectivity index is 1.70. The number of rotatable bonds is 3. The molecule has 0 atom stereocenters. The molecule has 1 aliphatic heterocycles. The number of halogens is 2. The second-order valence-corrected chi connectivity index (χ2v) is 7.78. The average molecular weight is 332 g/mol. The van der Waals surface area contributed by atoms with Gasteiger partial charge in [-0.25, -0.2) is 0 Å². The molecule has 0 amide bonds. The van der Waals surface area contributed by atoms with Gasteiger partial charge in [0.15, 0.2) is 5.78 Å². The number of hydrogen-bond donors (Lipinski definition) is 0. The summed E-state index contributed by atoms with van der Waals surface area (Å²) in [7, 11) is 0. The van der Waals surface area contributed by atoms with Crippen molar-refractivity contribution in [3.8, 4) is 0 Å². The molecule has 3 heterocycles. The average Bonchev–Trinajstić information content (AvgIpc) is 2.94. The zero-order valence-corrected chi connectivity index (χ0v) is 13.1. The number of Topliss-reactive ketones (excluding diaryl/α,β-unsaturated/α-hetero) is 1. The van der Waals surface area contributed by atoms with Gasteiger partial charge in [-0.3, -0.25) is 9.69 Å². The zero-order chi connectivity index (χ0) is 13.4. The van der Waals surface area contributed by atoms with Crippen LogP contribution in [0, 0.1) is 0 Å². The van der Waals surface area contributed by atoms with E-state index in [1.54, 1.807) is 17.4 Å². The third-order valence-electron chi connectivity index (χ3n) is 3.21. The molecule has 0 N–H and O–H groups in total. The van der Waals surface area contributed by atoms with Gasteiger partial charge < -0.3 is 0 Å². The van der Waals surface area contributed by atoms with Crippen LogP contribution in [0.1, 0.15) is 20.8 Å². The molecular formula is C13H11Cl2NOS2. The first-order valence-corrected chi connectivity index (χ1v) is 8.34. The summed E-state index contributed by atoms with van der Waals surface area (Å²) in [5, 5.41) is 2.12. The van der Waals surface area contributed by atoms with Crippen LogP contribution in [0.2, 0.25) is 8.67 Å². The van der Waals surface area contributed by atoms with Crippen molar-refractivity contribution in [3.05, 3.63) is 42.2 Å². The number of fused-ring (bicyclic) bond motifs is 1. The summed E-state index contributed by atoms with van der Waals surface area (Å²) in [5.41, 5.74) is 1.89. The van der Waals surface area contributed by atoms with Gasteiger partial charge in [0, 0.05) is 18.0 Å². The molecular weight excluding hydrogens is 321 g/mol. The van der Waals surface area contributed by atoms with Gasteiger partial charge in [0.05, 0.1) is 16.4 Å². The van der Waals surface area contributed by atoms with Crippen LogP contribution in [-0.2, 0) is 13.0 Å². The number of carbonyl (C=O) groups excluding carboxylic acids is 1. The maximum Gasteiger partial charge on any atom is 0.179 e. The molecule has 2 aromatic rings. The summed E-state index contributed by atoms with van der Waals surface area (Å²) in [6, 6.07) is 3.81. The van der Waals surface area contributed by atoms with Crippen LogP contribution in [0.25, 0.3) is 0 Å². The fourth-order valence-corrected chi connectivity index (χ4v) is 4.65. The lowest BCUT2D eigenvalue weighted by atomic mass is 10.1. The van der Waals surface area contributed by atoms with Crippen LogP contribution in [-0.4, -0.2) is 23.8 Å². The summed E-state index contributed by atoms with van der Waals surface area (Å²) in [6.45, 7) is 2.18. The van der Waals surface area contributed by atoms with Crippen molar-refractivity contribution in [2.75, 3.05) is 13.1 Å². The van der Waals surface area contributed by atoms with Crippen LogP contribution in [0.4, 0.5) is 0 Å². The molecule has 2 aromatic heterocycles.